The quantitative estimate of drug-likeness (QED) is 0.706. The molecule has 0 fully saturated rings. The molecule has 0 radical (unpaired) electrons. The molecule has 0 aliphatic rings. The molecule has 0 aliphatic carbocycles. The van der Waals surface area contributed by atoms with E-state index in [9.17, 15) is 9.59 Å². The molecule has 0 bridgehead atoms. The number of anilines is 1. The van der Waals surface area contributed by atoms with Crippen molar-refractivity contribution in [3.63, 3.8) is 0 Å². The highest BCUT2D eigenvalue weighted by Gasteiger charge is 2.13. The van der Waals surface area contributed by atoms with E-state index in [1.807, 2.05) is 69.4 Å². The van der Waals surface area contributed by atoms with Crippen LogP contribution in [0.5, 0.6) is 0 Å². The summed E-state index contributed by atoms with van der Waals surface area (Å²) >= 11 is 0. The third-order valence-electron chi connectivity index (χ3n) is 4.00. The standard InChI is InChI=1S/C20H25N3O2/c1-15-8-7-9-16(2)20(15)22-18(24)12-21-19(25)14-23(3)13-17-10-5-4-6-11-17/h4-11H,12-14H2,1-3H3,(H,21,25)(H,22,24)/p+1. The summed E-state index contributed by atoms with van der Waals surface area (Å²) in [4.78, 5) is 25.2. The number of carbonyl (C=O) groups is 2. The van der Waals surface area contributed by atoms with Crippen LogP contribution in [0, 0.1) is 13.8 Å². The van der Waals surface area contributed by atoms with Crippen molar-refractivity contribution in [1.29, 1.82) is 0 Å². The smallest absolute Gasteiger partial charge is 0.275 e. The highest BCUT2D eigenvalue weighted by Crippen LogP contribution is 2.18. The normalized spacial score (nSPS) is 11.6. The minimum Gasteiger partial charge on any atom is -0.342 e. The maximum absolute atomic E-state index is 12.1. The number of benzene rings is 2. The first kappa shape index (κ1) is 18.7. The van der Waals surface area contributed by atoms with Crippen LogP contribution in [0.15, 0.2) is 48.5 Å². The first-order chi connectivity index (χ1) is 12.0. The maximum Gasteiger partial charge on any atom is 0.275 e. The molecular weight excluding hydrogens is 314 g/mol. The zero-order valence-corrected chi connectivity index (χ0v) is 15.1. The molecule has 3 N–H and O–H groups in total. The number of aryl methyl sites for hydroxylation is 2. The first-order valence-corrected chi connectivity index (χ1v) is 8.43. The van der Waals surface area contributed by atoms with E-state index in [0.29, 0.717) is 6.54 Å². The van der Waals surface area contributed by atoms with E-state index < -0.39 is 0 Å². The second kappa shape index (κ2) is 8.99. The average molecular weight is 340 g/mol. The Morgan fingerprint density at radius 1 is 0.920 bits per heavy atom. The van der Waals surface area contributed by atoms with Gasteiger partial charge in [0.15, 0.2) is 6.54 Å². The summed E-state index contributed by atoms with van der Waals surface area (Å²) < 4.78 is 0. The van der Waals surface area contributed by atoms with Crippen LogP contribution in [-0.4, -0.2) is 32.0 Å². The molecule has 0 aliphatic heterocycles. The third kappa shape index (κ3) is 6.04. The number of para-hydroxylation sites is 1. The largest absolute Gasteiger partial charge is 0.342 e. The van der Waals surface area contributed by atoms with Crippen LogP contribution in [0.3, 0.4) is 0 Å². The molecular formula is C20H26N3O2+. The number of hydrogen-bond acceptors (Lipinski definition) is 2. The van der Waals surface area contributed by atoms with E-state index in [-0.39, 0.29) is 18.4 Å². The van der Waals surface area contributed by atoms with Gasteiger partial charge in [-0.3, -0.25) is 9.59 Å². The summed E-state index contributed by atoms with van der Waals surface area (Å²) in [6, 6.07) is 15.9. The monoisotopic (exact) mass is 340 g/mol. The van der Waals surface area contributed by atoms with Gasteiger partial charge in [-0.05, 0) is 25.0 Å². The molecule has 5 nitrogen and oxygen atoms in total. The van der Waals surface area contributed by atoms with Crippen molar-refractivity contribution in [2.24, 2.45) is 0 Å². The molecule has 2 aromatic carbocycles. The molecule has 2 aromatic rings. The van der Waals surface area contributed by atoms with Gasteiger partial charge in [0, 0.05) is 11.3 Å². The third-order valence-corrected chi connectivity index (χ3v) is 4.00. The number of hydrogen-bond donors (Lipinski definition) is 3. The Bertz CT molecular complexity index is 709. The molecule has 0 heterocycles. The number of carbonyl (C=O) groups excluding carboxylic acids is 2. The van der Waals surface area contributed by atoms with E-state index in [1.165, 1.54) is 5.56 Å². The van der Waals surface area contributed by atoms with Crippen LogP contribution in [0.2, 0.25) is 0 Å². The molecule has 25 heavy (non-hydrogen) atoms. The Morgan fingerprint density at radius 2 is 1.56 bits per heavy atom. The molecule has 0 saturated heterocycles. The lowest BCUT2D eigenvalue weighted by molar-refractivity contribution is -0.885. The second-order valence-electron chi connectivity index (χ2n) is 6.39. The molecule has 0 aromatic heterocycles. The van der Waals surface area contributed by atoms with Gasteiger partial charge in [-0.25, -0.2) is 0 Å². The molecule has 1 unspecified atom stereocenters. The molecule has 2 rings (SSSR count). The van der Waals surface area contributed by atoms with Crippen molar-refractivity contribution < 1.29 is 14.5 Å². The van der Waals surface area contributed by atoms with Crippen LogP contribution in [-0.2, 0) is 16.1 Å². The van der Waals surface area contributed by atoms with Crippen LogP contribution in [0.4, 0.5) is 5.69 Å². The average Bonchev–Trinajstić information content (AvgIpc) is 2.57. The minimum atomic E-state index is -0.216. The summed E-state index contributed by atoms with van der Waals surface area (Å²) in [5.41, 5.74) is 4.01. The predicted octanol–water partition coefficient (Wildman–Crippen LogP) is 1.07. The topological polar surface area (TPSA) is 62.6 Å². The number of quaternary nitrogens is 1. The van der Waals surface area contributed by atoms with E-state index in [4.69, 9.17) is 0 Å². The van der Waals surface area contributed by atoms with Crippen molar-refractivity contribution >= 4 is 17.5 Å². The van der Waals surface area contributed by atoms with Crippen molar-refractivity contribution in [3.8, 4) is 0 Å². The van der Waals surface area contributed by atoms with E-state index >= 15 is 0 Å². The van der Waals surface area contributed by atoms with Gasteiger partial charge >= 0.3 is 0 Å². The summed E-state index contributed by atoms with van der Waals surface area (Å²) in [6.07, 6.45) is 0. The number of likely N-dealkylation sites (N-methyl/N-ethyl adjacent to an activating group) is 1. The highest BCUT2D eigenvalue weighted by atomic mass is 16.2. The fraction of sp³-hybridized carbons (Fsp3) is 0.300. The lowest BCUT2D eigenvalue weighted by atomic mass is 10.1. The lowest BCUT2D eigenvalue weighted by Crippen LogP contribution is -3.08. The van der Waals surface area contributed by atoms with Gasteiger partial charge in [-0.1, -0.05) is 48.5 Å². The minimum absolute atomic E-state index is 0.0226. The summed E-state index contributed by atoms with van der Waals surface area (Å²) in [6.45, 7) is 4.96. The van der Waals surface area contributed by atoms with Crippen molar-refractivity contribution in [2.75, 3.05) is 25.5 Å². The zero-order chi connectivity index (χ0) is 18.2. The summed E-state index contributed by atoms with van der Waals surface area (Å²) in [5.74, 6) is -0.350. The Labute approximate surface area is 149 Å². The molecule has 132 valence electrons. The number of nitrogens with one attached hydrogen (secondary N) is 3. The molecule has 1 atom stereocenters. The maximum atomic E-state index is 12.1. The van der Waals surface area contributed by atoms with Crippen molar-refractivity contribution in [1.82, 2.24) is 5.32 Å². The lowest BCUT2D eigenvalue weighted by Gasteiger charge is -2.14. The van der Waals surface area contributed by atoms with Gasteiger partial charge in [-0.15, -0.1) is 0 Å². The Kier molecular flexibility index (Phi) is 6.71. The van der Waals surface area contributed by atoms with E-state index in [0.717, 1.165) is 28.3 Å². The molecule has 0 spiro atoms. The van der Waals surface area contributed by atoms with Crippen LogP contribution >= 0.6 is 0 Å². The highest BCUT2D eigenvalue weighted by molar-refractivity contribution is 5.95. The van der Waals surface area contributed by atoms with Crippen molar-refractivity contribution in [3.05, 3.63) is 65.2 Å². The number of amides is 2. The Morgan fingerprint density at radius 3 is 2.20 bits per heavy atom. The first-order valence-electron chi connectivity index (χ1n) is 8.43. The summed E-state index contributed by atoms with van der Waals surface area (Å²) in [5, 5.41) is 5.55. The fourth-order valence-electron chi connectivity index (χ4n) is 2.72. The molecule has 0 saturated carbocycles. The Balaban J connectivity index is 1.76. The van der Waals surface area contributed by atoms with Crippen LogP contribution in [0.1, 0.15) is 16.7 Å². The Hall–Kier alpha value is -2.66. The van der Waals surface area contributed by atoms with Crippen LogP contribution in [0.25, 0.3) is 0 Å². The molecule has 5 heteroatoms. The van der Waals surface area contributed by atoms with Gasteiger partial charge in [0.2, 0.25) is 5.91 Å². The summed E-state index contributed by atoms with van der Waals surface area (Å²) in [7, 11) is 1.96. The van der Waals surface area contributed by atoms with Crippen molar-refractivity contribution in [2.45, 2.75) is 20.4 Å². The number of rotatable bonds is 7. The van der Waals surface area contributed by atoms with E-state index in [2.05, 4.69) is 10.6 Å². The van der Waals surface area contributed by atoms with Gasteiger partial charge < -0.3 is 15.5 Å². The predicted molar refractivity (Wildman–Crippen MR) is 99.5 cm³/mol. The SMILES string of the molecule is Cc1cccc(C)c1NC(=O)CNC(=O)C[NH+](C)Cc1ccccc1. The van der Waals surface area contributed by atoms with Gasteiger partial charge in [0.25, 0.3) is 5.91 Å². The second-order valence-corrected chi connectivity index (χ2v) is 6.39. The van der Waals surface area contributed by atoms with Gasteiger partial charge in [0.1, 0.15) is 6.54 Å². The van der Waals surface area contributed by atoms with E-state index in [1.54, 1.807) is 0 Å². The van der Waals surface area contributed by atoms with Gasteiger partial charge in [-0.2, -0.15) is 0 Å². The van der Waals surface area contributed by atoms with Gasteiger partial charge in [0.05, 0.1) is 13.6 Å². The zero-order valence-electron chi connectivity index (χ0n) is 15.1. The van der Waals surface area contributed by atoms with Crippen LogP contribution < -0.4 is 15.5 Å². The fourth-order valence-corrected chi connectivity index (χ4v) is 2.72. The molecule has 2 amide bonds.